The Bertz CT molecular complexity index is 1230. The molecule has 0 unspecified atom stereocenters. The van der Waals surface area contributed by atoms with Crippen LogP contribution in [-0.2, 0) is 4.74 Å². The molecule has 0 saturated heterocycles. The maximum Gasteiger partial charge on any atom is 0.340 e. The zero-order valence-electron chi connectivity index (χ0n) is 20.8. The van der Waals surface area contributed by atoms with Gasteiger partial charge >= 0.3 is 5.97 Å². The lowest BCUT2D eigenvalue weighted by Crippen LogP contribution is -2.10. The van der Waals surface area contributed by atoms with Crippen LogP contribution >= 0.6 is 0 Å². The third kappa shape index (κ3) is 5.13. The maximum absolute atomic E-state index is 12.2. The van der Waals surface area contributed by atoms with Crippen LogP contribution in [-0.4, -0.2) is 38.3 Å². The molecule has 7 heteroatoms. The fourth-order valence-electron chi connectivity index (χ4n) is 3.69. The molecule has 0 spiro atoms. The molecule has 3 aromatic heterocycles. The van der Waals surface area contributed by atoms with Crippen molar-refractivity contribution in [1.82, 2.24) is 14.3 Å². The van der Waals surface area contributed by atoms with Gasteiger partial charge in [0.1, 0.15) is 0 Å². The fourth-order valence-corrected chi connectivity index (χ4v) is 3.69. The van der Waals surface area contributed by atoms with Crippen LogP contribution in [0, 0.1) is 20.8 Å². The summed E-state index contributed by atoms with van der Waals surface area (Å²) in [6.07, 6.45) is 0. The Morgan fingerprint density at radius 3 is 2.15 bits per heavy atom. The van der Waals surface area contributed by atoms with Crippen LogP contribution in [0.25, 0.3) is 0 Å². The molecular weight excluding hydrogens is 414 g/mol. The van der Waals surface area contributed by atoms with Gasteiger partial charge < -0.3 is 4.74 Å². The highest BCUT2D eigenvalue weighted by molar-refractivity contribution is 6.00. The van der Waals surface area contributed by atoms with Crippen molar-refractivity contribution in [2.45, 2.75) is 61.3 Å². The standard InChI is InChI=1S/C26H33N5O2/c1-9-33-26(32)22-15-18(5)30(21(22)8)28-19(6)23-11-10-12-24(27-23)20(7)29-31-17(4)13-14-25(31)16(2)3/h10-16H,9H2,1-8H3/b28-19-,29-20-. The van der Waals surface area contributed by atoms with Crippen molar-refractivity contribution in [2.24, 2.45) is 10.2 Å². The summed E-state index contributed by atoms with van der Waals surface area (Å²) in [6, 6.07) is 11.8. The van der Waals surface area contributed by atoms with Gasteiger partial charge in [0.2, 0.25) is 0 Å². The highest BCUT2D eigenvalue weighted by atomic mass is 16.5. The van der Waals surface area contributed by atoms with Gasteiger partial charge in [0.15, 0.2) is 0 Å². The van der Waals surface area contributed by atoms with E-state index in [0.717, 1.165) is 45.6 Å². The lowest BCUT2D eigenvalue weighted by Gasteiger charge is -2.11. The van der Waals surface area contributed by atoms with Gasteiger partial charge in [-0.05, 0) is 77.8 Å². The molecular formula is C26H33N5O2. The van der Waals surface area contributed by atoms with Gasteiger partial charge in [-0.3, -0.25) is 0 Å². The smallest absolute Gasteiger partial charge is 0.340 e. The van der Waals surface area contributed by atoms with Gasteiger partial charge in [-0.1, -0.05) is 19.9 Å². The molecule has 0 aliphatic rings. The molecule has 33 heavy (non-hydrogen) atoms. The van der Waals surface area contributed by atoms with Crippen LogP contribution in [0.2, 0.25) is 0 Å². The van der Waals surface area contributed by atoms with E-state index in [1.807, 2.05) is 50.6 Å². The van der Waals surface area contributed by atoms with E-state index in [-0.39, 0.29) is 5.97 Å². The Balaban J connectivity index is 1.95. The zero-order valence-corrected chi connectivity index (χ0v) is 20.8. The molecule has 0 radical (unpaired) electrons. The Labute approximate surface area is 195 Å². The highest BCUT2D eigenvalue weighted by Crippen LogP contribution is 2.19. The summed E-state index contributed by atoms with van der Waals surface area (Å²) in [6.45, 7) is 16.2. The number of hydrogen-bond acceptors (Lipinski definition) is 5. The molecule has 0 bridgehead atoms. The van der Waals surface area contributed by atoms with Gasteiger partial charge in [-0.25, -0.2) is 19.1 Å². The fraction of sp³-hybridized carbons (Fsp3) is 0.385. The van der Waals surface area contributed by atoms with Crippen molar-refractivity contribution < 1.29 is 9.53 Å². The largest absolute Gasteiger partial charge is 0.462 e. The molecule has 174 valence electrons. The second-order valence-corrected chi connectivity index (χ2v) is 8.46. The Hall–Kier alpha value is -3.48. The number of rotatable bonds is 7. The summed E-state index contributed by atoms with van der Waals surface area (Å²) >= 11 is 0. The normalized spacial score (nSPS) is 12.5. The first kappa shape index (κ1) is 24.2. The van der Waals surface area contributed by atoms with Gasteiger partial charge in [0, 0.05) is 17.1 Å². The maximum atomic E-state index is 12.2. The molecule has 0 aromatic carbocycles. The van der Waals surface area contributed by atoms with E-state index in [9.17, 15) is 4.79 Å². The predicted octanol–water partition coefficient (Wildman–Crippen LogP) is 5.45. The Morgan fingerprint density at radius 1 is 0.970 bits per heavy atom. The molecule has 0 N–H and O–H groups in total. The lowest BCUT2D eigenvalue weighted by molar-refractivity contribution is 0.0525. The monoisotopic (exact) mass is 447 g/mol. The average molecular weight is 448 g/mol. The third-order valence-electron chi connectivity index (χ3n) is 5.55. The van der Waals surface area contributed by atoms with E-state index in [2.05, 4.69) is 32.9 Å². The van der Waals surface area contributed by atoms with Gasteiger partial charge in [0.05, 0.1) is 40.7 Å². The van der Waals surface area contributed by atoms with Crippen molar-refractivity contribution >= 4 is 17.4 Å². The number of hydrogen-bond donors (Lipinski definition) is 0. The van der Waals surface area contributed by atoms with E-state index >= 15 is 0 Å². The number of carbonyl (C=O) groups excluding carboxylic acids is 1. The van der Waals surface area contributed by atoms with Crippen LogP contribution in [0.15, 0.2) is 46.6 Å². The number of nitrogens with zero attached hydrogens (tertiary/aromatic N) is 5. The van der Waals surface area contributed by atoms with Crippen LogP contribution < -0.4 is 0 Å². The summed E-state index contributed by atoms with van der Waals surface area (Å²) in [4.78, 5) is 17.0. The summed E-state index contributed by atoms with van der Waals surface area (Å²) in [5, 5.41) is 9.57. The van der Waals surface area contributed by atoms with Crippen LogP contribution in [0.5, 0.6) is 0 Å². The Kier molecular flexibility index (Phi) is 7.31. The molecule has 0 amide bonds. The van der Waals surface area contributed by atoms with Gasteiger partial charge in [-0.2, -0.15) is 10.2 Å². The first-order valence-electron chi connectivity index (χ1n) is 11.3. The van der Waals surface area contributed by atoms with Crippen LogP contribution in [0.1, 0.15) is 85.1 Å². The SMILES string of the molecule is CCOC(=O)c1cc(C)n(/N=C(/C)c2cccc(/C(C)=N\n3c(C)ccc3C(C)C)n2)c1C. The number of carbonyl (C=O) groups is 1. The van der Waals surface area contributed by atoms with Crippen molar-refractivity contribution in [2.75, 3.05) is 6.61 Å². The predicted molar refractivity (Wildman–Crippen MR) is 133 cm³/mol. The van der Waals surface area contributed by atoms with Crippen molar-refractivity contribution in [3.63, 3.8) is 0 Å². The molecule has 3 heterocycles. The molecule has 0 saturated carbocycles. The summed E-state index contributed by atoms with van der Waals surface area (Å²) in [7, 11) is 0. The van der Waals surface area contributed by atoms with Crippen molar-refractivity contribution in [1.29, 1.82) is 0 Å². The third-order valence-corrected chi connectivity index (χ3v) is 5.55. The Morgan fingerprint density at radius 2 is 1.58 bits per heavy atom. The summed E-state index contributed by atoms with van der Waals surface area (Å²) in [5.41, 5.74) is 7.47. The van der Waals surface area contributed by atoms with Crippen molar-refractivity contribution in [3.05, 3.63) is 76.1 Å². The number of ether oxygens (including phenoxy) is 1. The van der Waals surface area contributed by atoms with E-state index in [0.29, 0.717) is 18.1 Å². The summed E-state index contributed by atoms with van der Waals surface area (Å²) in [5.74, 6) is 0.0363. The summed E-state index contributed by atoms with van der Waals surface area (Å²) < 4.78 is 8.90. The number of pyridine rings is 1. The zero-order chi connectivity index (χ0) is 24.3. The minimum absolute atomic E-state index is 0.335. The minimum Gasteiger partial charge on any atom is -0.462 e. The van der Waals surface area contributed by atoms with E-state index in [1.54, 1.807) is 17.7 Å². The second-order valence-electron chi connectivity index (χ2n) is 8.46. The number of esters is 1. The van der Waals surface area contributed by atoms with Gasteiger partial charge in [0.25, 0.3) is 0 Å². The van der Waals surface area contributed by atoms with E-state index in [1.165, 1.54) is 0 Å². The van der Waals surface area contributed by atoms with E-state index < -0.39 is 0 Å². The quantitative estimate of drug-likeness (QED) is 0.357. The van der Waals surface area contributed by atoms with E-state index in [4.69, 9.17) is 19.9 Å². The molecule has 3 rings (SSSR count). The lowest BCUT2D eigenvalue weighted by atomic mass is 10.1. The first-order chi connectivity index (χ1) is 15.6. The molecule has 0 aliphatic heterocycles. The molecule has 0 aliphatic carbocycles. The molecule has 3 aromatic rings. The van der Waals surface area contributed by atoms with Gasteiger partial charge in [-0.15, -0.1) is 0 Å². The van der Waals surface area contributed by atoms with Crippen LogP contribution in [0.3, 0.4) is 0 Å². The first-order valence-corrected chi connectivity index (χ1v) is 11.3. The van der Waals surface area contributed by atoms with Crippen molar-refractivity contribution in [3.8, 4) is 0 Å². The number of aromatic nitrogens is 3. The highest BCUT2D eigenvalue weighted by Gasteiger charge is 2.17. The minimum atomic E-state index is -0.335. The van der Waals surface area contributed by atoms with Crippen LogP contribution in [0.4, 0.5) is 0 Å². The molecule has 0 fully saturated rings. The number of aryl methyl sites for hydroxylation is 2. The second kappa shape index (κ2) is 9.98. The topological polar surface area (TPSA) is 73.8 Å². The molecule has 0 atom stereocenters. The molecule has 7 nitrogen and oxygen atoms in total. The average Bonchev–Trinajstić information content (AvgIpc) is 3.28.